The molecule has 0 heterocycles. The lowest BCUT2D eigenvalue weighted by atomic mass is 10.2. The fourth-order valence-electron chi connectivity index (χ4n) is 1.64. The van der Waals surface area contributed by atoms with E-state index in [1.54, 1.807) is 0 Å². The molecule has 0 unspecified atom stereocenters. The highest BCUT2D eigenvalue weighted by Gasteiger charge is 2.17. The Morgan fingerprint density at radius 1 is 1.14 bits per heavy atom. The summed E-state index contributed by atoms with van der Waals surface area (Å²) >= 11 is 5.59. The third kappa shape index (κ3) is 3.66. The minimum Gasteiger partial charge on any atom is -0.434 e. The van der Waals surface area contributed by atoms with Crippen LogP contribution in [0.15, 0.2) is 42.5 Å². The first-order valence-corrected chi connectivity index (χ1v) is 6.16. The van der Waals surface area contributed by atoms with E-state index in [-0.39, 0.29) is 22.0 Å². The normalized spacial score (nSPS) is 10.5. The molecule has 0 radical (unpaired) electrons. The first kappa shape index (κ1) is 15.2. The van der Waals surface area contributed by atoms with Crippen LogP contribution in [0.3, 0.4) is 0 Å². The van der Waals surface area contributed by atoms with Crippen LogP contribution in [0.1, 0.15) is 10.4 Å². The van der Waals surface area contributed by atoms with Crippen molar-refractivity contribution in [1.29, 1.82) is 0 Å². The third-order valence-electron chi connectivity index (χ3n) is 2.55. The maximum Gasteiger partial charge on any atom is 0.387 e. The largest absolute Gasteiger partial charge is 0.434 e. The lowest BCUT2D eigenvalue weighted by molar-refractivity contribution is -0.0501. The Morgan fingerprint density at radius 3 is 2.57 bits per heavy atom. The van der Waals surface area contributed by atoms with Crippen LogP contribution in [0.25, 0.3) is 0 Å². The third-order valence-corrected chi connectivity index (χ3v) is 2.84. The fourth-order valence-corrected chi connectivity index (χ4v) is 1.82. The number of rotatable bonds is 4. The van der Waals surface area contributed by atoms with Gasteiger partial charge in [-0.15, -0.1) is 0 Å². The van der Waals surface area contributed by atoms with Gasteiger partial charge in [0, 0.05) is 0 Å². The Labute approximate surface area is 123 Å². The van der Waals surface area contributed by atoms with Gasteiger partial charge in [0.05, 0.1) is 16.3 Å². The van der Waals surface area contributed by atoms with Crippen molar-refractivity contribution >= 4 is 23.2 Å². The van der Waals surface area contributed by atoms with Crippen LogP contribution in [0.4, 0.5) is 18.9 Å². The average Bonchev–Trinajstić information content (AvgIpc) is 2.44. The van der Waals surface area contributed by atoms with Crippen LogP contribution in [0, 0.1) is 5.82 Å². The Bertz CT molecular complexity index is 664. The molecule has 0 aliphatic heterocycles. The molecule has 1 amide bonds. The Kier molecular flexibility index (Phi) is 4.70. The quantitative estimate of drug-likeness (QED) is 0.912. The number of alkyl halides is 2. The molecular formula is C14H9ClF3NO2. The summed E-state index contributed by atoms with van der Waals surface area (Å²) in [5.74, 6) is -1.89. The standard InChI is InChI=1S/C14H9ClF3NO2/c15-9-5-3-6-10(12(9)16)19-13(20)8-4-1-2-7-11(8)21-14(17)18/h1-7,14H,(H,19,20). The molecule has 3 nitrogen and oxygen atoms in total. The lowest BCUT2D eigenvalue weighted by Crippen LogP contribution is -2.15. The van der Waals surface area contributed by atoms with E-state index in [9.17, 15) is 18.0 Å². The van der Waals surface area contributed by atoms with Crippen molar-refractivity contribution < 1.29 is 22.7 Å². The SMILES string of the molecule is O=C(Nc1cccc(Cl)c1F)c1ccccc1OC(F)F. The monoisotopic (exact) mass is 315 g/mol. The number of anilines is 1. The van der Waals surface area contributed by atoms with Gasteiger partial charge in [-0.05, 0) is 24.3 Å². The Morgan fingerprint density at radius 2 is 1.86 bits per heavy atom. The fraction of sp³-hybridized carbons (Fsp3) is 0.0714. The smallest absolute Gasteiger partial charge is 0.387 e. The van der Waals surface area contributed by atoms with Crippen molar-refractivity contribution in [2.24, 2.45) is 0 Å². The minimum absolute atomic E-state index is 0.142. The van der Waals surface area contributed by atoms with E-state index in [2.05, 4.69) is 10.1 Å². The summed E-state index contributed by atoms with van der Waals surface area (Å²) in [7, 11) is 0. The number of nitrogens with one attached hydrogen (secondary N) is 1. The number of hydrogen-bond donors (Lipinski definition) is 1. The van der Waals surface area contributed by atoms with Gasteiger partial charge < -0.3 is 10.1 Å². The molecule has 0 aliphatic rings. The first-order chi connectivity index (χ1) is 9.99. The zero-order valence-corrected chi connectivity index (χ0v) is 11.2. The highest BCUT2D eigenvalue weighted by molar-refractivity contribution is 6.31. The van der Waals surface area contributed by atoms with Crippen LogP contribution in [-0.4, -0.2) is 12.5 Å². The van der Waals surface area contributed by atoms with E-state index in [4.69, 9.17) is 11.6 Å². The number of halogens is 4. The van der Waals surface area contributed by atoms with E-state index < -0.39 is 18.3 Å². The molecule has 2 rings (SSSR count). The molecule has 21 heavy (non-hydrogen) atoms. The van der Waals surface area contributed by atoms with E-state index >= 15 is 0 Å². The molecular weight excluding hydrogens is 307 g/mol. The number of para-hydroxylation sites is 1. The first-order valence-electron chi connectivity index (χ1n) is 5.78. The van der Waals surface area contributed by atoms with Gasteiger partial charge in [0.25, 0.3) is 5.91 Å². The van der Waals surface area contributed by atoms with Gasteiger partial charge in [-0.3, -0.25) is 4.79 Å². The Balaban J connectivity index is 2.27. The summed E-state index contributed by atoms with van der Waals surface area (Å²) < 4.78 is 42.5. The highest BCUT2D eigenvalue weighted by Crippen LogP contribution is 2.25. The molecule has 0 aromatic heterocycles. The summed E-state index contributed by atoms with van der Waals surface area (Å²) in [6, 6.07) is 9.49. The molecule has 0 atom stereocenters. The number of ether oxygens (including phenoxy) is 1. The van der Waals surface area contributed by atoms with Crippen molar-refractivity contribution in [1.82, 2.24) is 0 Å². The van der Waals surface area contributed by atoms with Crippen molar-refractivity contribution in [2.45, 2.75) is 6.61 Å². The molecule has 0 saturated carbocycles. The average molecular weight is 316 g/mol. The van der Waals surface area contributed by atoms with Gasteiger partial charge in [-0.25, -0.2) is 4.39 Å². The molecule has 0 bridgehead atoms. The highest BCUT2D eigenvalue weighted by atomic mass is 35.5. The summed E-state index contributed by atoms with van der Waals surface area (Å²) in [4.78, 5) is 12.0. The van der Waals surface area contributed by atoms with Crippen LogP contribution >= 0.6 is 11.6 Å². The second kappa shape index (κ2) is 6.49. The van der Waals surface area contributed by atoms with Crippen LogP contribution in [0.5, 0.6) is 5.75 Å². The summed E-state index contributed by atoms with van der Waals surface area (Å²) in [6.45, 7) is -3.07. The number of benzene rings is 2. The summed E-state index contributed by atoms with van der Waals surface area (Å²) in [5.41, 5.74) is -0.295. The number of amides is 1. The molecule has 0 fully saturated rings. The van der Waals surface area contributed by atoms with Crippen molar-refractivity contribution in [2.75, 3.05) is 5.32 Å². The van der Waals surface area contributed by atoms with Gasteiger partial charge in [0.2, 0.25) is 0 Å². The molecule has 0 spiro atoms. The van der Waals surface area contributed by atoms with E-state index in [1.165, 1.54) is 42.5 Å². The van der Waals surface area contributed by atoms with Crippen molar-refractivity contribution in [3.05, 3.63) is 58.9 Å². The van der Waals surface area contributed by atoms with Gasteiger partial charge in [0.1, 0.15) is 5.75 Å². The maximum atomic E-state index is 13.7. The van der Waals surface area contributed by atoms with Crippen LogP contribution < -0.4 is 10.1 Å². The van der Waals surface area contributed by atoms with Gasteiger partial charge in [-0.1, -0.05) is 29.8 Å². The molecule has 1 N–H and O–H groups in total. The molecule has 2 aromatic rings. The van der Waals surface area contributed by atoms with Crippen molar-refractivity contribution in [3.8, 4) is 5.75 Å². The van der Waals surface area contributed by atoms with Crippen LogP contribution in [0.2, 0.25) is 5.02 Å². The van der Waals surface area contributed by atoms with Gasteiger partial charge >= 0.3 is 6.61 Å². The second-order valence-corrected chi connectivity index (χ2v) is 4.34. The minimum atomic E-state index is -3.07. The van der Waals surface area contributed by atoms with Crippen LogP contribution in [-0.2, 0) is 0 Å². The molecule has 0 aliphatic carbocycles. The number of hydrogen-bond acceptors (Lipinski definition) is 2. The topological polar surface area (TPSA) is 38.3 Å². The maximum absolute atomic E-state index is 13.7. The van der Waals surface area contributed by atoms with Gasteiger partial charge in [-0.2, -0.15) is 8.78 Å². The zero-order valence-electron chi connectivity index (χ0n) is 10.4. The van der Waals surface area contributed by atoms with Gasteiger partial charge in [0.15, 0.2) is 5.82 Å². The number of carbonyl (C=O) groups excluding carboxylic acids is 1. The summed E-state index contributed by atoms with van der Waals surface area (Å²) in [6.07, 6.45) is 0. The van der Waals surface area contributed by atoms with Crippen molar-refractivity contribution in [3.63, 3.8) is 0 Å². The Hall–Kier alpha value is -2.21. The second-order valence-electron chi connectivity index (χ2n) is 3.93. The molecule has 0 saturated heterocycles. The lowest BCUT2D eigenvalue weighted by Gasteiger charge is -2.11. The predicted molar refractivity (Wildman–Crippen MR) is 72.4 cm³/mol. The number of carbonyl (C=O) groups is 1. The van der Waals surface area contributed by atoms with E-state index in [0.29, 0.717) is 0 Å². The molecule has 7 heteroatoms. The summed E-state index contributed by atoms with van der Waals surface area (Å²) in [5, 5.41) is 2.10. The zero-order chi connectivity index (χ0) is 15.4. The molecule has 110 valence electrons. The van der Waals surface area contributed by atoms with E-state index in [0.717, 1.165) is 0 Å². The predicted octanol–water partition coefficient (Wildman–Crippen LogP) is 4.33. The molecule has 2 aromatic carbocycles. The van der Waals surface area contributed by atoms with E-state index in [1.807, 2.05) is 0 Å².